The van der Waals surface area contributed by atoms with Crippen LogP contribution in [0.2, 0.25) is 0 Å². The molecule has 1 saturated carbocycles. The first-order chi connectivity index (χ1) is 9.80. The predicted octanol–water partition coefficient (Wildman–Crippen LogP) is 2.01. The van der Waals surface area contributed by atoms with Crippen molar-refractivity contribution in [2.24, 2.45) is 11.1 Å². The maximum atomic E-state index is 12.6. The van der Waals surface area contributed by atoms with Crippen molar-refractivity contribution in [2.75, 3.05) is 7.11 Å². The van der Waals surface area contributed by atoms with Gasteiger partial charge in [-0.25, -0.2) is 13.1 Å². The summed E-state index contributed by atoms with van der Waals surface area (Å²) in [6, 6.07) is 4.91. The highest BCUT2D eigenvalue weighted by Gasteiger charge is 2.37. The van der Waals surface area contributed by atoms with Gasteiger partial charge in [-0.2, -0.15) is 0 Å². The Bertz CT molecular complexity index is 611. The number of nitrogens with one attached hydrogen (secondary N) is 1. The predicted molar refractivity (Wildman–Crippen MR) is 82.6 cm³/mol. The third-order valence-electron chi connectivity index (χ3n) is 4.31. The number of hydrogen-bond donors (Lipinski definition) is 2. The third-order valence-corrected chi connectivity index (χ3v) is 5.82. The zero-order valence-electron chi connectivity index (χ0n) is 12.8. The van der Waals surface area contributed by atoms with E-state index in [-0.39, 0.29) is 16.4 Å². The molecule has 3 N–H and O–H groups in total. The monoisotopic (exact) mass is 312 g/mol. The molecule has 1 aromatic rings. The van der Waals surface area contributed by atoms with Crippen LogP contribution >= 0.6 is 0 Å². The van der Waals surface area contributed by atoms with Crippen LogP contribution in [0.4, 0.5) is 0 Å². The smallest absolute Gasteiger partial charge is 0.244 e. The van der Waals surface area contributed by atoms with Crippen LogP contribution in [0.1, 0.15) is 38.7 Å². The first kappa shape index (κ1) is 16.3. The van der Waals surface area contributed by atoms with Crippen LogP contribution in [0, 0.1) is 5.41 Å². The highest BCUT2D eigenvalue weighted by molar-refractivity contribution is 7.89. The molecule has 1 unspecified atom stereocenters. The average molecular weight is 312 g/mol. The molecule has 0 amide bonds. The van der Waals surface area contributed by atoms with Gasteiger partial charge in [-0.05, 0) is 36.0 Å². The van der Waals surface area contributed by atoms with Gasteiger partial charge in [-0.3, -0.25) is 0 Å². The molecular weight excluding hydrogens is 288 g/mol. The fraction of sp³-hybridized carbons (Fsp3) is 0.600. The molecule has 0 spiro atoms. The van der Waals surface area contributed by atoms with Gasteiger partial charge in [0.25, 0.3) is 0 Å². The summed E-state index contributed by atoms with van der Waals surface area (Å²) in [6.45, 7) is 4.55. The molecule has 5 nitrogen and oxygen atoms in total. The van der Waals surface area contributed by atoms with E-state index in [0.29, 0.717) is 12.3 Å². The molecule has 1 fully saturated rings. The van der Waals surface area contributed by atoms with E-state index in [9.17, 15) is 8.42 Å². The summed E-state index contributed by atoms with van der Waals surface area (Å²) in [5.41, 5.74) is 6.40. The molecule has 1 aliphatic carbocycles. The van der Waals surface area contributed by atoms with Crippen LogP contribution in [0.5, 0.6) is 5.75 Å². The topological polar surface area (TPSA) is 81.4 Å². The molecule has 1 atom stereocenters. The van der Waals surface area contributed by atoms with Crippen molar-refractivity contribution in [3.05, 3.63) is 23.8 Å². The number of ether oxygens (including phenoxy) is 1. The van der Waals surface area contributed by atoms with Gasteiger partial charge in [0, 0.05) is 12.6 Å². The lowest BCUT2D eigenvalue weighted by Gasteiger charge is -2.27. The Hall–Kier alpha value is -1.11. The quantitative estimate of drug-likeness (QED) is 0.871. The summed E-state index contributed by atoms with van der Waals surface area (Å²) in [5, 5.41) is 0. The third kappa shape index (κ3) is 3.39. The number of rotatable bonds is 5. The van der Waals surface area contributed by atoms with Crippen molar-refractivity contribution in [3.8, 4) is 5.75 Å². The molecule has 6 heteroatoms. The van der Waals surface area contributed by atoms with Gasteiger partial charge in [0.15, 0.2) is 0 Å². The van der Waals surface area contributed by atoms with Gasteiger partial charge in [0.1, 0.15) is 10.6 Å². The molecule has 0 aliphatic heterocycles. The van der Waals surface area contributed by atoms with Gasteiger partial charge in [0.2, 0.25) is 10.0 Å². The minimum Gasteiger partial charge on any atom is -0.495 e. The molecule has 118 valence electrons. The lowest BCUT2D eigenvalue weighted by molar-refractivity contribution is 0.312. The molecular formula is C15H24N2O3S. The van der Waals surface area contributed by atoms with E-state index in [2.05, 4.69) is 18.6 Å². The normalized spacial score (nSPS) is 21.4. The van der Waals surface area contributed by atoms with Crippen LogP contribution in [0.25, 0.3) is 0 Å². The maximum absolute atomic E-state index is 12.6. The summed E-state index contributed by atoms with van der Waals surface area (Å²) in [6.07, 6.45) is 2.95. The van der Waals surface area contributed by atoms with E-state index in [1.54, 1.807) is 18.2 Å². The van der Waals surface area contributed by atoms with Crippen LogP contribution in [0.15, 0.2) is 23.1 Å². The minimum atomic E-state index is -3.60. The second-order valence-electron chi connectivity index (χ2n) is 6.24. The number of hydrogen-bond acceptors (Lipinski definition) is 4. The SMILES string of the molecule is COc1cc(CN)ccc1S(=O)(=O)NC1CCCC1(C)C. The van der Waals surface area contributed by atoms with Gasteiger partial charge in [-0.1, -0.05) is 26.3 Å². The lowest BCUT2D eigenvalue weighted by Crippen LogP contribution is -2.41. The van der Waals surface area contributed by atoms with Crippen LogP contribution in [-0.4, -0.2) is 21.6 Å². The fourth-order valence-electron chi connectivity index (χ4n) is 2.86. The lowest BCUT2D eigenvalue weighted by atomic mass is 9.88. The Labute approximate surface area is 126 Å². The fourth-order valence-corrected chi connectivity index (χ4v) is 4.45. The van der Waals surface area contributed by atoms with Crippen LogP contribution < -0.4 is 15.2 Å². The van der Waals surface area contributed by atoms with Crippen molar-refractivity contribution in [1.29, 1.82) is 0 Å². The summed E-state index contributed by atoms with van der Waals surface area (Å²) >= 11 is 0. The minimum absolute atomic E-state index is 0.0164. The van der Waals surface area contributed by atoms with Gasteiger partial charge >= 0.3 is 0 Å². The van der Waals surface area contributed by atoms with Gasteiger partial charge in [0.05, 0.1) is 7.11 Å². The zero-order chi connectivity index (χ0) is 15.7. The molecule has 21 heavy (non-hydrogen) atoms. The first-order valence-corrected chi connectivity index (χ1v) is 8.68. The maximum Gasteiger partial charge on any atom is 0.244 e. The highest BCUT2D eigenvalue weighted by atomic mass is 32.2. The van der Waals surface area contributed by atoms with Crippen LogP contribution in [-0.2, 0) is 16.6 Å². The van der Waals surface area contributed by atoms with E-state index in [0.717, 1.165) is 24.8 Å². The van der Waals surface area contributed by atoms with Crippen molar-refractivity contribution in [2.45, 2.75) is 50.6 Å². The van der Waals surface area contributed by atoms with E-state index in [1.807, 2.05) is 0 Å². The van der Waals surface area contributed by atoms with Crippen molar-refractivity contribution in [1.82, 2.24) is 4.72 Å². The van der Waals surface area contributed by atoms with Crippen LogP contribution in [0.3, 0.4) is 0 Å². The Kier molecular flexibility index (Phi) is 4.60. The molecule has 2 rings (SSSR count). The Balaban J connectivity index is 2.31. The van der Waals surface area contributed by atoms with E-state index < -0.39 is 10.0 Å². The largest absolute Gasteiger partial charge is 0.495 e. The van der Waals surface area contributed by atoms with Gasteiger partial charge < -0.3 is 10.5 Å². The van der Waals surface area contributed by atoms with E-state index >= 15 is 0 Å². The molecule has 0 radical (unpaired) electrons. The average Bonchev–Trinajstić information content (AvgIpc) is 2.76. The summed E-state index contributed by atoms with van der Waals surface area (Å²) in [4.78, 5) is 0.171. The summed E-state index contributed by atoms with van der Waals surface area (Å²) in [5.74, 6) is 0.334. The summed E-state index contributed by atoms with van der Waals surface area (Å²) < 4.78 is 33.3. The molecule has 0 saturated heterocycles. The van der Waals surface area contributed by atoms with Crippen molar-refractivity contribution < 1.29 is 13.2 Å². The number of methoxy groups -OCH3 is 1. The second-order valence-corrected chi connectivity index (χ2v) is 7.93. The second kappa shape index (κ2) is 5.94. The van der Waals surface area contributed by atoms with E-state index in [1.165, 1.54) is 7.11 Å². The first-order valence-electron chi connectivity index (χ1n) is 7.19. The standard InChI is InChI=1S/C15H24N2O3S/c1-15(2)8-4-5-14(15)17-21(18,19)13-7-6-11(10-16)9-12(13)20-3/h6-7,9,14,17H,4-5,8,10,16H2,1-3H3. The molecule has 1 aliphatic rings. The number of nitrogens with two attached hydrogens (primary N) is 1. The van der Waals surface area contributed by atoms with Gasteiger partial charge in [-0.15, -0.1) is 0 Å². The summed E-state index contributed by atoms with van der Waals surface area (Å²) in [7, 11) is -2.13. The Morgan fingerprint density at radius 2 is 2.14 bits per heavy atom. The van der Waals surface area contributed by atoms with E-state index in [4.69, 9.17) is 10.5 Å². The highest BCUT2D eigenvalue weighted by Crippen LogP contribution is 2.38. The van der Waals surface area contributed by atoms with Crippen molar-refractivity contribution >= 4 is 10.0 Å². The molecule has 0 heterocycles. The number of sulfonamides is 1. The molecule has 0 bridgehead atoms. The Morgan fingerprint density at radius 3 is 2.67 bits per heavy atom. The zero-order valence-corrected chi connectivity index (χ0v) is 13.7. The van der Waals surface area contributed by atoms with Crippen molar-refractivity contribution in [3.63, 3.8) is 0 Å². The molecule has 0 aromatic heterocycles. The Morgan fingerprint density at radius 1 is 1.43 bits per heavy atom. The number of benzene rings is 1. The molecule has 1 aromatic carbocycles.